The Balaban J connectivity index is 3.50. The molecule has 0 saturated carbocycles. The molecule has 4 nitrogen and oxygen atoms in total. The van der Waals surface area contributed by atoms with Crippen molar-refractivity contribution in [2.24, 2.45) is 0 Å². The van der Waals surface area contributed by atoms with Crippen LogP contribution in [0.5, 0.6) is 0 Å². The summed E-state index contributed by atoms with van der Waals surface area (Å²) in [5.41, 5.74) is 7.09. The minimum Gasteiger partial charge on any atom is -0.397 e. The first-order chi connectivity index (χ1) is 5.95. The van der Waals surface area contributed by atoms with Gasteiger partial charge in [0, 0.05) is 18.8 Å². The van der Waals surface area contributed by atoms with E-state index in [0.29, 0.717) is 11.3 Å². The molecule has 1 aromatic rings. The van der Waals surface area contributed by atoms with E-state index in [9.17, 15) is 10.1 Å². The summed E-state index contributed by atoms with van der Waals surface area (Å²) in [7, 11) is 0. The van der Waals surface area contributed by atoms with Crippen LogP contribution in [0.3, 0.4) is 0 Å². The van der Waals surface area contributed by atoms with Crippen molar-refractivity contribution in [3.8, 4) is 0 Å². The van der Waals surface area contributed by atoms with Crippen LogP contribution in [0.1, 0.15) is 5.56 Å². The highest BCUT2D eigenvalue weighted by molar-refractivity contribution is 14.1. The van der Waals surface area contributed by atoms with Crippen molar-refractivity contribution in [2.45, 2.75) is 6.92 Å². The average molecular weight is 404 g/mol. The number of nitrogens with two attached hydrogens (primary N) is 1. The molecular weight excluding hydrogens is 398 g/mol. The van der Waals surface area contributed by atoms with Gasteiger partial charge >= 0.3 is 0 Å². The molecule has 0 heterocycles. The third-order valence-corrected chi connectivity index (χ3v) is 3.95. The van der Waals surface area contributed by atoms with Gasteiger partial charge in [-0.3, -0.25) is 10.1 Å². The van der Waals surface area contributed by atoms with Crippen LogP contribution in [0.2, 0.25) is 0 Å². The SMILES string of the molecule is Cc1c([N+](=O)[O-])cc(I)c(N)c1I. The number of nitrogens with zero attached hydrogens (tertiary/aromatic N) is 1. The quantitative estimate of drug-likeness (QED) is 0.339. The molecule has 1 rings (SSSR count). The second-order valence-electron chi connectivity index (χ2n) is 2.49. The second-order valence-corrected chi connectivity index (χ2v) is 4.73. The molecule has 0 amide bonds. The van der Waals surface area contributed by atoms with Crippen LogP contribution < -0.4 is 5.73 Å². The Morgan fingerprint density at radius 3 is 2.54 bits per heavy atom. The van der Waals surface area contributed by atoms with Gasteiger partial charge in [-0.25, -0.2) is 0 Å². The number of rotatable bonds is 1. The monoisotopic (exact) mass is 404 g/mol. The molecule has 0 fully saturated rings. The number of anilines is 1. The Kier molecular flexibility index (Phi) is 3.33. The highest BCUT2D eigenvalue weighted by atomic mass is 127. The first-order valence-corrected chi connectivity index (χ1v) is 5.49. The van der Waals surface area contributed by atoms with E-state index in [-0.39, 0.29) is 10.6 Å². The Hall–Kier alpha value is -0.120. The number of hydrogen-bond donors (Lipinski definition) is 1. The summed E-state index contributed by atoms with van der Waals surface area (Å²) < 4.78 is 1.48. The van der Waals surface area contributed by atoms with E-state index in [1.165, 1.54) is 6.07 Å². The van der Waals surface area contributed by atoms with E-state index in [4.69, 9.17) is 5.73 Å². The number of halogens is 2. The summed E-state index contributed by atoms with van der Waals surface area (Å²) in [6, 6.07) is 1.49. The van der Waals surface area contributed by atoms with E-state index >= 15 is 0 Å². The van der Waals surface area contributed by atoms with Crippen molar-refractivity contribution in [3.63, 3.8) is 0 Å². The van der Waals surface area contributed by atoms with Gasteiger partial charge in [-0.05, 0) is 52.1 Å². The highest BCUT2D eigenvalue weighted by Crippen LogP contribution is 2.31. The molecule has 0 atom stereocenters. The molecule has 13 heavy (non-hydrogen) atoms. The molecule has 0 bridgehead atoms. The largest absolute Gasteiger partial charge is 0.397 e. The molecule has 70 valence electrons. The fraction of sp³-hybridized carbons (Fsp3) is 0.143. The number of nitrogen functional groups attached to an aromatic ring is 1. The average Bonchev–Trinajstić information content (AvgIpc) is 2.07. The van der Waals surface area contributed by atoms with Gasteiger partial charge in [-0.15, -0.1) is 0 Å². The zero-order chi connectivity index (χ0) is 10.2. The zero-order valence-corrected chi connectivity index (χ0v) is 11.0. The molecule has 6 heteroatoms. The lowest BCUT2D eigenvalue weighted by atomic mass is 10.2. The third-order valence-electron chi connectivity index (χ3n) is 1.67. The van der Waals surface area contributed by atoms with E-state index in [0.717, 1.165) is 7.14 Å². The summed E-state index contributed by atoms with van der Waals surface area (Å²) in [4.78, 5) is 10.2. The van der Waals surface area contributed by atoms with Crippen LogP contribution in [-0.4, -0.2) is 4.92 Å². The van der Waals surface area contributed by atoms with Crippen LogP contribution in [0.15, 0.2) is 6.07 Å². The van der Waals surface area contributed by atoms with Crippen LogP contribution in [-0.2, 0) is 0 Å². The van der Waals surface area contributed by atoms with E-state index in [2.05, 4.69) is 0 Å². The normalized spacial score (nSPS) is 10.1. The molecule has 0 unspecified atom stereocenters. The van der Waals surface area contributed by atoms with E-state index < -0.39 is 0 Å². The lowest BCUT2D eigenvalue weighted by molar-refractivity contribution is -0.385. The summed E-state index contributed by atoms with van der Waals surface area (Å²) in [5.74, 6) is 0. The maximum Gasteiger partial charge on any atom is 0.274 e. The first kappa shape index (κ1) is 11.0. The van der Waals surface area contributed by atoms with Crippen molar-refractivity contribution in [3.05, 3.63) is 28.9 Å². The smallest absolute Gasteiger partial charge is 0.274 e. The summed E-state index contributed by atoms with van der Waals surface area (Å²) >= 11 is 4.01. The fourth-order valence-electron chi connectivity index (χ4n) is 0.915. The summed E-state index contributed by atoms with van der Waals surface area (Å²) in [6.07, 6.45) is 0. The molecule has 2 N–H and O–H groups in total. The summed E-state index contributed by atoms with van der Waals surface area (Å²) in [6.45, 7) is 1.70. The molecule has 0 aliphatic rings. The molecule has 0 aliphatic carbocycles. The summed E-state index contributed by atoms with van der Waals surface area (Å²) in [5, 5.41) is 10.6. The standard InChI is InChI=1S/C7H6I2N2O2/c1-3-5(11(12)13)2-4(8)7(10)6(3)9/h2H,10H2,1H3. The van der Waals surface area contributed by atoms with Gasteiger partial charge in [0.25, 0.3) is 5.69 Å². The molecule has 0 saturated heterocycles. The molecule has 0 aromatic heterocycles. The zero-order valence-electron chi connectivity index (χ0n) is 6.67. The lowest BCUT2D eigenvalue weighted by Crippen LogP contribution is -2.00. The fourth-order valence-corrected chi connectivity index (χ4v) is 2.56. The highest BCUT2D eigenvalue weighted by Gasteiger charge is 2.17. The van der Waals surface area contributed by atoms with Crippen molar-refractivity contribution in [1.29, 1.82) is 0 Å². The molecule has 0 radical (unpaired) electrons. The topological polar surface area (TPSA) is 69.2 Å². The number of benzene rings is 1. The Bertz CT molecular complexity index is 379. The van der Waals surface area contributed by atoms with Crippen molar-refractivity contribution >= 4 is 56.6 Å². The van der Waals surface area contributed by atoms with Gasteiger partial charge in [0.1, 0.15) is 0 Å². The van der Waals surface area contributed by atoms with Crippen LogP contribution in [0.25, 0.3) is 0 Å². The maximum absolute atomic E-state index is 10.6. The maximum atomic E-state index is 10.6. The number of hydrogen-bond acceptors (Lipinski definition) is 3. The molecular formula is C7H6I2N2O2. The second kappa shape index (κ2) is 3.95. The Labute approximate surface area is 102 Å². The van der Waals surface area contributed by atoms with Crippen molar-refractivity contribution < 1.29 is 4.92 Å². The predicted octanol–water partition coefficient (Wildman–Crippen LogP) is 2.69. The van der Waals surface area contributed by atoms with Crippen molar-refractivity contribution in [2.75, 3.05) is 5.73 Å². The lowest BCUT2D eigenvalue weighted by Gasteiger charge is -2.05. The first-order valence-electron chi connectivity index (χ1n) is 3.33. The molecule has 0 aliphatic heterocycles. The van der Waals surface area contributed by atoms with Gasteiger partial charge in [0.2, 0.25) is 0 Å². The van der Waals surface area contributed by atoms with E-state index in [1.54, 1.807) is 6.92 Å². The van der Waals surface area contributed by atoms with Crippen LogP contribution >= 0.6 is 45.2 Å². The van der Waals surface area contributed by atoms with Crippen LogP contribution in [0, 0.1) is 24.2 Å². The number of nitro benzene ring substituents is 1. The van der Waals surface area contributed by atoms with Gasteiger partial charge in [0.05, 0.1) is 10.6 Å². The molecule has 1 aromatic carbocycles. The third kappa shape index (κ3) is 2.03. The van der Waals surface area contributed by atoms with Crippen molar-refractivity contribution in [1.82, 2.24) is 0 Å². The van der Waals surface area contributed by atoms with E-state index in [1.807, 2.05) is 45.2 Å². The Morgan fingerprint density at radius 2 is 2.08 bits per heavy atom. The van der Waals surface area contributed by atoms with Gasteiger partial charge < -0.3 is 5.73 Å². The van der Waals surface area contributed by atoms with Gasteiger partial charge in [0.15, 0.2) is 0 Å². The minimum atomic E-state index is -0.390. The number of nitro groups is 1. The minimum absolute atomic E-state index is 0.128. The Morgan fingerprint density at radius 1 is 1.54 bits per heavy atom. The van der Waals surface area contributed by atoms with Crippen LogP contribution in [0.4, 0.5) is 11.4 Å². The molecule has 0 spiro atoms. The van der Waals surface area contributed by atoms with Gasteiger partial charge in [-0.2, -0.15) is 0 Å². The predicted molar refractivity (Wildman–Crippen MR) is 67.7 cm³/mol. The van der Waals surface area contributed by atoms with Gasteiger partial charge in [-0.1, -0.05) is 0 Å².